The molecule has 0 aliphatic carbocycles. The summed E-state index contributed by atoms with van der Waals surface area (Å²) in [5.41, 5.74) is 0.507. The molecule has 1 aliphatic rings. The molecular formula is C12H15FN2O2. The summed E-state index contributed by atoms with van der Waals surface area (Å²) < 4.78 is 13.2. The number of halogens is 1. The molecule has 1 N–H and O–H groups in total. The number of carbonyl (C=O) groups is 1. The summed E-state index contributed by atoms with van der Waals surface area (Å²) >= 11 is 0. The minimum Gasteiger partial charge on any atom is -0.395 e. The van der Waals surface area contributed by atoms with Crippen molar-refractivity contribution in [3.05, 3.63) is 30.1 Å². The first kappa shape index (κ1) is 12.0. The summed E-state index contributed by atoms with van der Waals surface area (Å²) in [4.78, 5) is 11.9. The number of benzene rings is 1. The molecule has 1 aromatic rings. The zero-order valence-electron chi connectivity index (χ0n) is 9.64. The van der Waals surface area contributed by atoms with E-state index in [1.807, 2.05) is 6.92 Å². The van der Waals surface area contributed by atoms with Crippen LogP contribution in [0.25, 0.3) is 0 Å². The lowest BCUT2D eigenvalue weighted by atomic mass is 10.2. The molecule has 0 bridgehead atoms. The van der Waals surface area contributed by atoms with E-state index < -0.39 is 0 Å². The van der Waals surface area contributed by atoms with Crippen LogP contribution in [0.1, 0.15) is 13.3 Å². The first-order valence-corrected chi connectivity index (χ1v) is 5.59. The lowest BCUT2D eigenvalue weighted by Gasteiger charge is -2.30. The Morgan fingerprint density at radius 2 is 2.29 bits per heavy atom. The third kappa shape index (κ3) is 2.30. The molecule has 1 fully saturated rings. The molecule has 2 rings (SSSR count). The number of carbonyl (C=O) groups excluding carboxylic acids is 1. The van der Waals surface area contributed by atoms with E-state index in [4.69, 9.17) is 5.11 Å². The molecule has 1 heterocycles. The first-order valence-electron chi connectivity index (χ1n) is 5.59. The van der Waals surface area contributed by atoms with Gasteiger partial charge in [-0.15, -0.1) is 0 Å². The van der Waals surface area contributed by atoms with Crippen molar-refractivity contribution in [3.63, 3.8) is 0 Å². The van der Waals surface area contributed by atoms with Crippen molar-refractivity contribution < 1.29 is 14.3 Å². The van der Waals surface area contributed by atoms with E-state index in [0.717, 1.165) is 0 Å². The highest BCUT2D eigenvalue weighted by Crippen LogP contribution is 2.26. The van der Waals surface area contributed by atoms with E-state index in [0.29, 0.717) is 18.7 Å². The highest BCUT2D eigenvalue weighted by molar-refractivity contribution is 5.94. The van der Waals surface area contributed by atoms with Crippen LogP contribution < -0.4 is 5.01 Å². The molecule has 1 aliphatic heterocycles. The average molecular weight is 238 g/mol. The number of β-amino-alcohol motifs (C(OH)–C–C–N with tert-alkyl or cyclic N) is 1. The third-order valence-electron chi connectivity index (χ3n) is 2.85. The summed E-state index contributed by atoms with van der Waals surface area (Å²) in [6, 6.07) is 5.93. The lowest BCUT2D eigenvalue weighted by molar-refractivity contribution is -0.118. The van der Waals surface area contributed by atoms with Gasteiger partial charge in [-0.3, -0.25) is 4.79 Å². The number of aliphatic hydroxyl groups is 1. The van der Waals surface area contributed by atoms with E-state index in [9.17, 15) is 9.18 Å². The van der Waals surface area contributed by atoms with Crippen LogP contribution in [0.4, 0.5) is 10.1 Å². The molecule has 0 saturated carbocycles. The molecule has 92 valence electrons. The number of hydrazine groups is 1. The molecule has 1 saturated heterocycles. The molecule has 4 nitrogen and oxygen atoms in total. The Kier molecular flexibility index (Phi) is 3.40. The van der Waals surface area contributed by atoms with Gasteiger partial charge in [0.1, 0.15) is 5.82 Å². The predicted molar refractivity (Wildman–Crippen MR) is 61.8 cm³/mol. The molecular weight excluding hydrogens is 223 g/mol. The fourth-order valence-electron chi connectivity index (χ4n) is 2.11. The van der Waals surface area contributed by atoms with Crippen molar-refractivity contribution in [1.29, 1.82) is 0 Å². The molecule has 1 atom stereocenters. The van der Waals surface area contributed by atoms with Crippen LogP contribution in [0.15, 0.2) is 24.3 Å². The van der Waals surface area contributed by atoms with Crippen LogP contribution in [0, 0.1) is 5.82 Å². The maximum atomic E-state index is 13.2. The van der Waals surface area contributed by atoms with Crippen LogP contribution in [0.3, 0.4) is 0 Å². The maximum Gasteiger partial charge on any atom is 0.243 e. The summed E-state index contributed by atoms with van der Waals surface area (Å²) in [6.45, 7) is 2.24. The Labute approximate surface area is 99.2 Å². The minimum absolute atomic E-state index is 0.0258. The number of anilines is 1. The van der Waals surface area contributed by atoms with E-state index in [1.165, 1.54) is 17.1 Å². The summed E-state index contributed by atoms with van der Waals surface area (Å²) in [5, 5.41) is 12.2. The number of hydrogen-bond donors (Lipinski definition) is 1. The first-order chi connectivity index (χ1) is 8.13. The van der Waals surface area contributed by atoms with Crippen molar-refractivity contribution in [2.24, 2.45) is 0 Å². The molecule has 1 unspecified atom stereocenters. The predicted octanol–water partition coefficient (Wildman–Crippen LogP) is 1.16. The van der Waals surface area contributed by atoms with Gasteiger partial charge in [-0.1, -0.05) is 6.07 Å². The van der Waals surface area contributed by atoms with Gasteiger partial charge in [-0.25, -0.2) is 14.4 Å². The topological polar surface area (TPSA) is 43.8 Å². The third-order valence-corrected chi connectivity index (χ3v) is 2.85. The second-order valence-electron chi connectivity index (χ2n) is 4.13. The van der Waals surface area contributed by atoms with Gasteiger partial charge >= 0.3 is 0 Å². The fraction of sp³-hybridized carbons (Fsp3) is 0.417. The van der Waals surface area contributed by atoms with Gasteiger partial charge in [0, 0.05) is 19.0 Å². The molecule has 0 spiro atoms. The average Bonchev–Trinajstić information content (AvgIpc) is 2.54. The van der Waals surface area contributed by atoms with Crippen molar-refractivity contribution in [2.45, 2.75) is 19.4 Å². The summed E-state index contributed by atoms with van der Waals surface area (Å²) in [6.07, 6.45) is 0.385. The van der Waals surface area contributed by atoms with Gasteiger partial charge < -0.3 is 5.11 Å². The second kappa shape index (κ2) is 4.81. The summed E-state index contributed by atoms with van der Waals surface area (Å²) in [5.74, 6) is -0.449. The summed E-state index contributed by atoms with van der Waals surface area (Å²) in [7, 11) is 0. The maximum absolute atomic E-state index is 13.2. The minimum atomic E-state index is -0.376. The highest BCUT2D eigenvalue weighted by Gasteiger charge is 2.35. The highest BCUT2D eigenvalue weighted by atomic mass is 19.1. The van der Waals surface area contributed by atoms with E-state index in [2.05, 4.69) is 0 Å². The van der Waals surface area contributed by atoms with Crippen molar-refractivity contribution >= 4 is 11.6 Å². The van der Waals surface area contributed by atoms with Crippen LogP contribution in [-0.4, -0.2) is 35.2 Å². The van der Waals surface area contributed by atoms with Gasteiger partial charge in [0.2, 0.25) is 5.91 Å². The van der Waals surface area contributed by atoms with Gasteiger partial charge in [-0.2, -0.15) is 0 Å². The lowest BCUT2D eigenvalue weighted by Crippen LogP contribution is -2.43. The van der Waals surface area contributed by atoms with E-state index in [1.54, 1.807) is 17.1 Å². The number of amides is 1. The van der Waals surface area contributed by atoms with Crippen molar-refractivity contribution in [3.8, 4) is 0 Å². The monoisotopic (exact) mass is 238 g/mol. The molecule has 17 heavy (non-hydrogen) atoms. The van der Waals surface area contributed by atoms with Crippen LogP contribution >= 0.6 is 0 Å². The second-order valence-corrected chi connectivity index (χ2v) is 4.13. The van der Waals surface area contributed by atoms with Crippen LogP contribution in [0.2, 0.25) is 0 Å². The quantitative estimate of drug-likeness (QED) is 0.859. The Morgan fingerprint density at radius 3 is 2.94 bits per heavy atom. The van der Waals surface area contributed by atoms with Crippen molar-refractivity contribution in [1.82, 2.24) is 5.01 Å². The number of hydrogen-bond acceptors (Lipinski definition) is 3. The van der Waals surface area contributed by atoms with Gasteiger partial charge in [0.25, 0.3) is 0 Å². The Balaban J connectivity index is 2.31. The number of rotatable bonds is 3. The van der Waals surface area contributed by atoms with Gasteiger partial charge in [-0.05, 0) is 25.1 Å². The molecule has 0 radical (unpaired) electrons. The largest absolute Gasteiger partial charge is 0.395 e. The molecule has 0 aromatic heterocycles. The SMILES string of the molecule is CC1CC(=O)N(c2cccc(F)c2)N1CCO. The fourth-order valence-corrected chi connectivity index (χ4v) is 2.11. The van der Waals surface area contributed by atoms with Crippen molar-refractivity contribution in [2.75, 3.05) is 18.2 Å². The van der Waals surface area contributed by atoms with Crippen LogP contribution in [-0.2, 0) is 4.79 Å². The zero-order valence-corrected chi connectivity index (χ0v) is 9.64. The number of aliphatic hydroxyl groups excluding tert-OH is 1. The Bertz CT molecular complexity index is 425. The standard InChI is InChI=1S/C12H15FN2O2/c1-9-7-12(17)15(14(9)5-6-16)11-4-2-3-10(13)8-11/h2-4,8-9,16H,5-7H2,1H3. The smallest absolute Gasteiger partial charge is 0.243 e. The Morgan fingerprint density at radius 1 is 1.53 bits per heavy atom. The molecule has 1 amide bonds. The van der Waals surface area contributed by atoms with Gasteiger partial charge in [0.05, 0.1) is 12.3 Å². The van der Waals surface area contributed by atoms with Crippen LogP contribution in [0.5, 0.6) is 0 Å². The molecule has 5 heteroatoms. The van der Waals surface area contributed by atoms with Gasteiger partial charge in [0.15, 0.2) is 0 Å². The molecule has 1 aromatic carbocycles. The zero-order chi connectivity index (χ0) is 12.4. The number of nitrogens with zero attached hydrogens (tertiary/aromatic N) is 2. The Hall–Kier alpha value is -1.46. The van der Waals surface area contributed by atoms with E-state index in [-0.39, 0.29) is 24.4 Å². The van der Waals surface area contributed by atoms with E-state index >= 15 is 0 Å². The normalized spacial score (nSPS) is 21.2.